The normalized spacial score (nSPS) is 16.1. The van der Waals surface area contributed by atoms with Gasteiger partial charge in [0.25, 0.3) is 0 Å². The van der Waals surface area contributed by atoms with Gasteiger partial charge < -0.3 is 0 Å². The third kappa shape index (κ3) is 6.08. The van der Waals surface area contributed by atoms with Crippen molar-refractivity contribution in [1.82, 2.24) is 0 Å². The first-order valence-electron chi connectivity index (χ1n) is 12.6. The zero-order valence-corrected chi connectivity index (χ0v) is 25.8. The Morgan fingerprint density at radius 3 is 1.91 bits per heavy atom. The van der Waals surface area contributed by atoms with Crippen molar-refractivity contribution in [3.05, 3.63) is 63.7 Å². The van der Waals surface area contributed by atoms with E-state index in [1.807, 2.05) is 0 Å². The summed E-state index contributed by atoms with van der Waals surface area (Å²) in [7, 11) is 13.6. The molecule has 0 bridgehead atoms. The van der Waals surface area contributed by atoms with Crippen LogP contribution in [0.2, 0.25) is 0 Å². The van der Waals surface area contributed by atoms with Crippen LogP contribution in [0.25, 0.3) is 17.2 Å². The summed E-state index contributed by atoms with van der Waals surface area (Å²) < 4.78 is 0.291. The minimum atomic E-state index is -2.52. The van der Waals surface area contributed by atoms with Crippen molar-refractivity contribution in [2.45, 2.75) is 102 Å². The van der Waals surface area contributed by atoms with Crippen LogP contribution in [0.15, 0.2) is 35.9 Å². The molecule has 1 aliphatic carbocycles. The first-order valence-corrected chi connectivity index (χ1v) is 20.3. The number of benzene rings is 2. The average Bonchev–Trinajstić information content (AvgIpc) is 3.09. The third-order valence-electron chi connectivity index (χ3n) is 6.89. The number of hydrogen-bond acceptors (Lipinski definition) is 0. The molecule has 0 heterocycles. The monoisotopic (exact) mass is 561 g/mol. The summed E-state index contributed by atoms with van der Waals surface area (Å²) in [5.41, 5.74) is 11.5. The van der Waals surface area contributed by atoms with E-state index >= 15 is 0 Å². The van der Waals surface area contributed by atoms with Gasteiger partial charge in [0.05, 0.1) is 0 Å². The number of halogens is 2. The molecule has 0 nitrogen and oxygen atoms in total. The van der Waals surface area contributed by atoms with Gasteiger partial charge in [-0.15, -0.1) is 0 Å². The molecule has 2 aromatic carbocycles. The van der Waals surface area contributed by atoms with Gasteiger partial charge in [0, 0.05) is 0 Å². The Hall–Kier alpha value is -0.357. The molecule has 0 saturated carbocycles. The fraction of sp³-hybridized carbons (Fsp3) is 0.533. The Labute approximate surface area is 217 Å². The summed E-state index contributed by atoms with van der Waals surface area (Å²) in [6.07, 6.45) is 8.20. The quantitative estimate of drug-likeness (QED) is 0.314. The molecule has 1 aliphatic rings. The Morgan fingerprint density at radius 2 is 1.42 bits per heavy atom. The average molecular weight is 564 g/mol. The zero-order chi connectivity index (χ0) is 24.6. The van der Waals surface area contributed by atoms with E-state index in [-0.39, 0.29) is 10.8 Å². The number of allylic oxidation sites excluding steroid dienone is 1. The van der Waals surface area contributed by atoms with E-state index < -0.39 is 19.4 Å². The van der Waals surface area contributed by atoms with Crippen LogP contribution >= 0.6 is 17.0 Å². The number of hydrogen-bond donors (Lipinski definition) is 0. The van der Waals surface area contributed by atoms with E-state index in [0.29, 0.717) is 3.63 Å². The Bertz CT molecular complexity index is 987. The standard InChI is InChI=1S/C30H41.2ClH.Zr/c1-9-11-13-21-16-23-15-14-22(12-10-2)28(27(23)17-21)24-18-25(29(3,4)5)20-26(19-24)30(6,7)8;;;/h14-20H,9-13H2,1-8H3;2*1H;/q;;;+2/p-2. The fourth-order valence-electron chi connectivity index (χ4n) is 4.87. The molecular formula is C30H41Cl2Zr. The molecule has 33 heavy (non-hydrogen) atoms. The number of fused-ring (bicyclic) bond motifs is 1. The van der Waals surface area contributed by atoms with Crippen LogP contribution in [0, 0.1) is 0 Å². The van der Waals surface area contributed by atoms with Crippen LogP contribution in [0.5, 0.6) is 0 Å². The second kappa shape index (κ2) is 10.7. The van der Waals surface area contributed by atoms with Crippen LogP contribution in [-0.4, -0.2) is 0 Å². The molecule has 3 heteroatoms. The van der Waals surface area contributed by atoms with Gasteiger partial charge in [0.2, 0.25) is 0 Å². The van der Waals surface area contributed by atoms with Crippen molar-refractivity contribution < 1.29 is 19.4 Å². The molecule has 0 saturated heterocycles. The summed E-state index contributed by atoms with van der Waals surface area (Å²) >= 11 is -2.52. The molecular weight excluding hydrogens is 522 g/mol. The number of unbranched alkanes of at least 4 members (excludes halogenated alkanes) is 1. The Morgan fingerprint density at radius 1 is 0.818 bits per heavy atom. The number of aryl methyl sites for hydroxylation is 1. The molecule has 2 aromatic rings. The van der Waals surface area contributed by atoms with E-state index in [9.17, 15) is 0 Å². The van der Waals surface area contributed by atoms with E-state index in [4.69, 9.17) is 17.0 Å². The summed E-state index contributed by atoms with van der Waals surface area (Å²) in [5, 5.41) is 0. The molecule has 0 radical (unpaired) electrons. The van der Waals surface area contributed by atoms with E-state index in [1.165, 1.54) is 57.4 Å². The fourth-order valence-corrected chi connectivity index (χ4v) is 10.4. The summed E-state index contributed by atoms with van der Waals surface area (Å²) in [6, 6.07) is 12.0. The summed E-state index contributed by atoms with van der Waals surface area (Å²) in [6.45, 7) is 18.4. The second-order valence-corrected chi connectivity index (χ2v) is 20.5. The summed E-state index contributed by atoms with van der Waals surface area (Å²) in [5.74, 6) is 0. The topological polar surface area (TPSA) is 0 Å². The van der Waals surface area contributed by atoms with Crippen molar-refractivity contribution in [3.8, 4) is 11.1 Å². The Kier molecular flexibility index (Phi) is 8.85. The van der Waals surface area contributed by atoms with E-state index in [2.05, 4.69) is 91.8 Å². The third-order valence-corrected chi connectivity index (χ3v) is 12.2. The number of rotatable bonds is 7. The molecule has 0 N–H and O–H groups in total. The van der Waals surface area contributed by atoms with Gasteiger partial charge in [-0.1, -0.05) is 0 Å². The molecule has 1 atom stereocenters. The van der Waals surface area contributed by atoms with Crippen molar-refractivity contribution >= 4 is 23.1 Å². The van der Waals surface area contributed by atoms with Gasteiger partial charge >= 0.3 is 219 Å². The van der Waals surface area contributed by atoms with Gasteiger partial charge in [0.1, 0.15) is 0 Å². The van der Waals surface area contributed by atoms with Crippen LogP contribution in [0.1, 0.15) is 113 Å². The van der Waals surface area contributed by atoms with Gasteiger partial charge in [-0.05, 0) is 0 Å². The molecule has 0 spiro atoms. The molecule has 0 fully saturated rings. The first-order chi connectivity index (χ1) is 15.4. The second-order valence-electron chi connectivity index (χ2n) is 11.7. The van der Waals surface area contributed by atoms with E-state index in [1.54, 1.807) is 0 Å². The van der Waals surface area contributed by atoms with Crippen molar-refractivity contribution in [2.75, 3.05) is 0 Å². The van der Waals surface area contributed by atoms with Gasteiger partial charge in [0.15, 0.2) is 0 Å². The van der Waals surface area contributed by atoms with Crippen LogP contribution in [0.3, 0.4) is 0 Å². The van der Waals surface area contributed by atoms with Gasteiger partial charge in [-0.2, -0.15) is 0 Å². The molecule has 179 valence electrons. The predicted molar refractivity (Wildman–Crippen MR) is 145 cm³/mol. The van der Waals surface area contributed by atoms with Crippen molar-refractivity contribution in [2.24, 2.45) is 0 Å². The summed E-state index contributed by atoms with van der Waals surface area (Å²) in [4.78, 5) is 0. The molecule has 0 aliphatic heterocycles. The first kappa shape index (κ1) is 27.2. The van der Waals surface area contributed by atoms with Gasteiger partial charge in [-0.25, -0.2) is 0 Å². The van der Waals surface area contributed by atoms with Crippen molar-refractivity contribution in [3.63, 3.8) is 0 Å². The van der Waals surface area contributed by atoms with Crippen LogP contribution in [-0.2, 0) is 36.6 Å². The molecule has 1 unspecified atom stereocenters. The Balaban J connectivity index is 2.33. The van der Waals surface area contributed by atoms with Crippen LogP contribution in [0.4, 0.5) is 0 Å². The SMILES string of the molecule is CCCCC1=Cc2c(ccc(CCC)c2-c2cc(C(C)(C)C)cc(C(C)(C)C)c2)[CH]1[Zr]([Cl])[Cl]. The van der Waals surface area contributed by atoms with Crippen molar-refractivity contribution in [1.29, 1.82) is 0 Å². The molecule has 0 amide bonds. The van der Waals surface area contributed by atoms with Crippen LogP contribution < -0.4 is 0 Å². The molecule has 0 aromatic heterocycles. The van der Waals surface area contributed by atoms with E-state index in [0.717, 1.165) is 19.3 Å². The molecule has 3 rings (SSSR count). The minimum absolute atomic E-state index is 0.0940. The van der Waals surface area contributed by atoms with Gasteiger partial charge in [-0.3, -0.25) is 0 Å². The predicted octanol–water partition coefficient (Wildman–Crippen LogP) is 10.5. The zero-order valence-electron chi connectivity index (χ0n) is 21.8. The maximum atomic E-state index is 6.78. The maximum absolute atomic E-state index is 6.78.